The summed E-state index contributed by atoms with van der Waals surface area (Å²) in [5, 5.41) is 14.8. The van der Waals surface area contributed by atoms with Crippen molar-refractivity contribution in [3.63, 3.8) is 0 Å². The third-order valence-corrected chi connectivity index (χ3v) is 5.05. The van der Waals surface area contributed by atoms with Crippen molar-refractivity contribution in [3.8, 4) is 0 Å². The summed E-state index contributed by atoms with van der Waals surface area (Å²) in [6, 6.07) is 12.9. The summed E-state index contributed by atoms with van der Waals surface area (Å²) >= 11 is 0. The summed E-state index contributed by atoms with van der Waals surface area (Å²) in [5.74, 6) is -0.273. The van der Waals surface area contributed by atoms with Crippen molar-refractivity contribution in [2.75, 3.05) is 12.3 Å². The highest BCUT2D eigenvalue weighted by Crippen LogP contribution is 2.20. The Morgan fingerprint density at radius 1 is 1.10 bits per heavy atom. The van der Waals surface area contributed by atoms with E-state index in [-0.39, 0.29) is 23.2 Å². The molecule has 2 N–H and O–H groups in total. The van der Waals surface area contributed by atoms with E-state index in [2.05, 4.69) is 5.32 Å². The highest BCUT2D eigenvalue weighted by Gasteiger charge is 2.20. The monoisotopic (exact) mass is 307 g/mol. The Labute approximate surface area is 125 Å². The van der Waals surface area contributed by atoms with Gasteiger partial charge in [-0.05, 0) is 22.9 Å². The molecule has 114 valence electrons. The molecule has 0 saturated carbocycles. The molecule has 21 heavy (non-hydrogen) atoms. The van der Waals surface area contributed by atoms with Gasteiger partial charge in [0, 0.05) is 12.6 Å². The van der Waals surface area contributed by atoms with Crippen LogP contribution in [0, 0.1) is 0 Å². The van der Waals surface area contributed by atoms with E-state index in [1.165, 1.54) is 0 Å². The van der Waals surface area contributed by atoms with Gasteiger partial charge in [-0.25, -0.2) is 8.42 Å². The summed E-state index contributed by atoms with van der Waals surface area (Å²) in [6.45, 7) is 4.17. The van der Waals surface area contributed by atoms with Gasteiger partial charge in [-0.1, -0.05) is 44.2 Å². The molecule has 0 aliphatic rings. The van der Waals surface area contributed by atoms with Gasteiger partial charge in [0.15, 0.2) is 9.84 Å². The molecule has 5 heteroatoms. The van der Waals surface area contributed by atoms with Crippen LogP contribution in [0.2, 0.25) is 0 Å². The Kier molecular flexibility index (Phi) is 4.98. The second-order valence-corrected chi connectivity index (χ2v) is 7.54. The topological polar surface area (TPSA) is 66.4 Å². The van der Waals surface area contributed by atoms with Gasteiger partial charge in [0.05, 0.1) is 16.8 Å². The molecule has 2 aromatic rings. The highest BCUT2D eigenvalue weighted by atomic mass is 32.2. The van der Waals surface area contributed by atoms with Crippen LogP contribution in [0.4, 0.5) is 0 Å². The Morgan fingerprint density at radius 2 is 1.76 bits per heavy atom. The van der Waals surface area contributed by atoms with Crippen LogP contribution in [0.15, 0.2) is 47.4 Å². The molecule has 0 saturated heterocycles. The maximum atomic E-state index is 12.3. The van der Waals surface area contributed by atoms with Crippen molar-refractivity contribution in [1.82, 2.24) is 5.32 Å². The van der Waals surface area contributed by atoms with Gasteiger partial charge < -0.3 is 10.4 Å². The average molecular weight is 307 g/mol. The fourth-order valence-corrected chi connectivity index (χ4v) is 3.54. The van der Waals surface area contributed by atoms with E-state index in [9.17, 15) is 13.5 Å². The summed E-state index contributed by atoms with van der Waals surface area (Å²) in [5.41, 5.74) is 0. The molecule has 1 atom stereocenters. The van der Waals surface area contributed by atoms with Crippen LogP contribution in [-0.4, -0.2) is 38.0 Å². The second kappa shape index (κ2) is 6.56. The normalized spacial score (nSPS) is 13.7. The quantitative estimate of drug-likeness (QED) is 0.856. The van der Waals surface area contributed by atoms with Gasteiger partial charge in [0.25, 0.3) is 0 Å². The minimum Gasteiger partial charge on any atom is -0.391 e. The first kappa shape index (κ1) is 15.9. The average Bonchev–Trinajstić information content (AvgIpc) is 2.44. The van der Waals surface area contributed by atoms with E-state index in [0.29, 0.717) is 0 Å². The summed E-state index contributed by atoms with van der Waals surface area (Å²) < 4.78 is 24.7. The molecule has 0 radical (unpaired) electrons. The zero-order valence-electron chi connectivity index (χ0n) is 12.3. The van der Waals surface area contributed by atoms with Crippen LogP contribution in [0.25, 0.3) is 10.8 Å². The Bertz CT molecular complexity index is 710. The second-order valence-electron chi connectivity index (χ2n) is 5.51. The Balaban J connectivity index is 2.17. The molecule has 1 unspecified atom stereocenters. The van der Waals surface area contributed by atoms with Crippen molar-refractivity contribution in [1.29, 1.82) is 0 Å². The Hall–Kier alpha value is -1.43. The van der Waals surface area contributed by atoms with Gasteiger partial charge in [-0.2, -0.15) is 0 Å². The number of aliphatic hydroxyl groups is 1. The van der Waals surface area contributed by atoms with E-state index in [1.807, 2.05) is 38.1 Å². The van der Waals surface area contributed by atoms with Crippen molar-refractivity contribution >= 4 is 20.6 Å². The van der Waals surface area contributed by atoms with E-state index < -0.39 is 15.9 Å². The standard InChI is InChI=1S/C16H21NO3S/c1-12(2)17-10-15(18)11-21(19,20)16-8-7-13-5-3-4-6-14(13)9-16/h3-9,12,15,17-18H,10-11H2,1-2H3. The number of hydrogen-bond donors (Lipinski definition) is 2. The molecule has 0 spiro atoms. The number of sulfone groups is 1. The molecular formula is C16H21NO3S. The van der Waals surface area contributed by atoms with E-state index in [1.54, 1.807) is 18.2 Å². The number of fused-ring (bicyclic) bond motifs is 1. The van der Waals surface area contributed by atoms with E-state index in [4.69, 9.17) is 0 Å². The number of hydrogen-bond acceptors (Lipinski definition) is 4. The largest absolute Gasteiger partial charge is 0.391 e. The number of rotatable bonds is 6. The molecule has 0 aliphatic carbocycles. The first-order valence-corrected chi connectivity index (χ1v) is 8.67. The number of nitrogens with one attached hydrogen (secondary N) is 1. The van der Waals surface area contributed by atoms with Gasteiger partial charge in [-0.3, -0.25) is 0 Å². The molecule has 0 amide bonds. The maximum absolute atomic E-state index is 12.3. The van der Waals surface area contributed by atoms with Gasteiger partial charge >= 0.3 is 0 Å². The number of aliphatic hydroxyl groups excluding tert-OH is 1. The number of benzene rings is 2. The summed E-state index contributed by atoms with van der Waals surface area (Å²) in [4.78, 5) is 0.254. The van der Waals surface area contributed by atoms with Crippen LogP contribution in [0.3, 0.4) is 0 Å². The van der Waals surface area contributed by atoms with Crippen LogP contribution >= 0.6 is 0 Å². The fourth-order valence-electron chi connectivity index (χ4n) is 2.14. The van der Waals surface area contributed by atoms with Crippen LogP contribution in [-0.2, 0) is 9.84 Å². The Morgan fingerprint density at radius 3 is 2.43 bits per heavy atom. The third-order valence-electron chi connectivity index (χ3n) is 3.25. The molecule has 0 aromatic heterocycles. The molecule has 0 aliphatic heterocycles. The smallest absolute Gasteiger partial charge is 0.180 e. The lowest BCUT2D eigenvalue weighted by Crippen LogP contribution is -2.35. The maximum Gasteiger partial charge on any atom is 0.180 e. The van der Waals surface area contributed by atoms with Gasteiger partial charge in [-0.15, -0.1) is 0 Å². The van der Waals surface area contributed by atoms with E-state index >= 15 is 0 Å². The summed E-state index contributed by atoms with van der Waals surface area (Å²) in [7, 11) is -3.49. The molecule has 0 bridgehead atoms. The highest BCUT2D eigenvalue weighted by molar-refractivity contribution is 7.91. The van der Waals surface area contributed by atoms with Crippen molar-refractivity contribution in [2.45, 2.75) is 30.9 Å². The molecule has 2 aromatic carbocycles. The SMILES string of the molecule is CC(C)NCC(O)CS(=O)(=O)c1ccc2ccccc2c1. The first-order chi connectivity index (χ1) is 9.88. The van der Waals surface area contributed by atoms with Gasteiger partial charge in [0.2, 0.25) is 0 Å². The van der Waals surface area contributed by atoms with Crippen LogP contribution < -0.4 is 5.32 Å². The van der Waals surface area contributed by atoms with E-state index in [0.717, 1.165) is 10.8 Å². The third kappa shape index (κ3) is 4.27. The van der Waals surface area contributed by atoms with Crippen LogP contribution in [0.5, 0.6) is 0 Å². The lowest BCUT2D eigenvalue weighted by molar-refractivity contribution is 0.190. The van der Waals surface area contributed by atoms with Crippen molar-refractivity contribution in [2.24, 2.45) is 0 Å². The predicted molar refractivity (Wildman–Crippen MR) is 85.1 cm³/mol. The molecule has 2 rings (SSSR count). The van der Waals surface area contributed by atoms with Crippen LogP contribution in [0.1, 0.15) is 13.8 Å². The fraction of sp³-hybridized carbons (Fsp3) is 0.375. The van der Waals surface area contributed by atoms with Crippen molar-refractivity contribution in [3.05, 3.63) is 42.5 Å². The zero-order valence-corrected chi connectivity index (χ0v) is 13.1. The van der Waals surface area contributed by atoms with Gasteiger partial charge in [0.1, 0.15) is 0 Å². The lowest BCUT2D eigenvalue weighted by atomic mass is 10.1. The minimum absolute atomic E-state index is 0.211. The zero-order chi connectivity index (χ0) is 15.5. The van der Waals surface area contributed by atoms with Crippen molar-refractivity contribution < 1.29 is 13.5 Å². The molecule has 4 nitrogen and oxygen atoms in total. The minimum atomic E-state index is -3.49. The first-order valence-electron chi connectivity index (χ1n) is 7.01. The molecule has 0 heterocycles. The lowest BCUT2D eigenvalue weighted by Gasteiger charge is -2.14. The predicted octanol–water partition coefficient (Wildman–Crippen LogP) is 1.97. The molecule has 0 fully saturated rings. The summed E-state index contributed by atoms with van der Waals surface area (Å²) in [6.07, 6.45) is -0.913. The molecular weight excluding hydrogens is 286 g/mol.